The molecule has 1 heterocycles. The van der Waals surface area contributed by atoms with Gasteiger partial charge in [0.2, 0.25) is 0 Å². The number of thioether (sulfide) groups is 1. The Morgan fingerprint density at radius 3 is 2.36 bits per heavy atom. The molecule has 2 N–H and O–H groups in total. The van der Waals surface area contributed by atoms with E-state index < -0.39 is 0 Å². The lowest BCUT2D eigenvalue weighted by molar-refractivity contribution is 0.112. The quantitative estimate of drug-likeness (QED) is 0.755. The normalized spacial score (nSPS) is 16.3. The summed E-state index contributed by atoms with van der Waals surface area (Å²) in [7, 11) is 1.92. The van der Waals surface area contributed by atoms with E-state index in [1.165, 1.54) is 5.56 Å². The second-order valence-electron chi connectivity index (χ2n) is 6.20. The van der Waals surface area contributed by atoms with Crippen LogP contribution in [0.5, 0.6) is 0 Å². The van der Waals surface area contributed by atoms with E-state index in [1.54, 1.807) is 11.8 Å². The van der Waals surface area contributed by atoms with Crippen molar-refractivity contribution in [1.29, 1.82) is 0 Å². The van der Waals surface area contributed by atoms with E-state index in [9.17, 15) is 4.79 Å². The van der Waals surface area contributed by atoms with Gasteiger partial charge < -0.3 is 15.5 Å². The molecule has 1 aliphatic heterocycles. The van der Waals surface area contributed by atoms with Gasteiger partial charge in [-0.3, -0.25) is 4.79 Å². The van der Waals surface area contributed by atoms with E-state index >= 15 is 0 Å². The van der Waals surface area contributed by atoms with E-state index in [2.05, 4.69) is 59.1 Å². The molecule has 0 aromatic heterocycles. The molecule has 5 heteroatoms. The van der Waals surface area contributed by atoms with E-state index in [4.69, 9.17) is 0 Å². The fraction of sp³-hybridized carbons (Fsp3) is 0.250. The molecule has 1 aliphatic rings. The highest BCUT2D eigenvalue weighted by atomic mass is 32.2. The summed E-state index contributed by atoms with van der Waals surface area (Å²) >= 11 is 1.76. The van der Waals surface area contributed by atoms with Crippen LogP contribution in [0.25, 0.3) is 5.70 Å². The molecule has 0 spiro atoms. The number of anilines is 2. The van der Waals surface area contributed by atoms with Gasteiger partial charge in [0, 0.05) is 30.0 Å². The van der Waals surface area contributed by atoms with Gasteiger partial charge in [-0.25, -0.2) is 0 Å². The molecule has 0 fully saturated rings. The summed E-state index contributed by atoms with van der Waals surface area (Å²) in [6.07, 6.45) is 0.876. The summed E-state index contributed by atoms with van der Waals surface area (Å²) in [4.78, 5) is 13.2. The van der Waals surface area contributed by atoms with Crippen LogP contribution in [-0.2, 0) is 0 Å². The number of hydrogen-bond donors (Lipinski definition) is 2. The van der Waals surface area contributed by atoms with Crippen molar-refractivity contribution in [3.63, 3.8) is 0 Å². The third-order valence-corrected chi connectivity index (χ3v) is 5.19. The van der Waals surface area contributed by atoms with Crippen molar-refractivity contribution in [2.45, 2.75) is 25.4 Å². The highest BCUT2D eigenvalue weighted by Gasteiger charge is 2.26. The third kappa shape index (κ3) is 3.82. The van der Waals surface area contributed by atoms with Gasteiger partial charge in [0.25, 0.3) is 0 Å². The zero-order chi connectivity index (χ0) is 17.8. The van der Waals surface area contributed by atoms with Gasteiger partial charge >= 0.3 is 0 Å². The number of carbonyl (C=O) groups excluding carboxylic acids is 1. The Hall–Kier alpha value is -2.40. The Kier molecular flexibility index (Phi) is 5.34. The minimum Gasteiger partial charge on any atom is -0.388 e. The van der Waals surface area contributed by atoms with Crippen LogP contribution in [0, 0.1) is 0 Å². The van der Waals surface area contributed by atoms with Crippen LogP contribution in [-0.4, -0.2) is 24.9 Å². The maximum Gasteiger partial charge on any atom is 0.152 e. The lowest BCUT2D eigenvalue weighted by atomic mass is 10.1. The molecule has 2 aromatic rings. The first-order chi connectivity index (χ1) is 12.1. The maximum absolute atomic E-state index is 10.9. The van der Waals surface area contributed by atoms with Gasteiger partial charge in [-0.2, -0.15) is 0 Å². The molecular formula is C20H23N3OS. The highest BCUT2D eigenvalue weighted by Crippen LogP contribution is 2.33. The summed E-state index contributed by atoms with van der Waals surface area (Å²) in [5.74, 6) is 0. The standard InChI is InChI=1S/C20H23N3OS/c1-14(2)23(18-10-4-15(12-24)5-11-18)20-22-19(13-25-20)16-6-8-17(21-3)9-7-16/h4-14,20-22H,1-3H3. The number of hydrogen-bond acceptors (Lipinski definition) is 5. The molecule has 0 amide bonds. The lowest BCUT2D eigenvalue weighted by Crippen LogP contribution is -2.44. The molecule has 0 radical (unpaired) electrons. The monoisotopic (exact) mass is 353 g/mol. The third-order valence-electron chi connectivity index (χ3n) is 4.21. The van der Waals surface area contributed by atoms with Gasteiger partial charge in [-0.05, 0) is 61.2 Å². The molecule has 0 bridgehead atoms. The number of nitrogens with zero attached hydrogens (tertiary/aromatic N) is 1. The highest BCUT2D eigenvalue weighted by molar-refractivity contribution is 8.03. The van der Waals surface area contributed by atoms with Crippen molar-refractivity contribution in [3.8, 4) is 0 Å². The number of carbonyl (C=O) groups is 1. The van der Waals surface area contributed by atoms with E-state index in [0.717, 1.165) is 23.4 Å². The van der Waals surface area contributed by atoms with Crippen LogP contribution in [0.4, 0.5) is 11.4 Å². The van der Waals surface area contributed by atoms with Crippen molar-refractivity contribution in [1.82, 2.24) is 5.32 Å². The minimum absolute atomic E-state index is 0.126. The predicted octanol–water partition coefficient (Wildman–Crippen LogP) is 4.37. The predicted molar refractivity (Wildman–Crippen MR) is 108 cm³/mol. The molecule has 4 nitrogen and oxygen atoms in total. The Morgan fingerprint density at radius 2 is 1.80 bits per heavy atom. The number of aldehydes is 1. The second kappa shape index (κ2) is 7.66. The van der Waals surface area contributed by atoms with E-state index in [1.807, 2.05) is 31.3 Å². The molecule has 130 valence electrons. The summed E-state index contributed by atoms with van der Waals surface area (Å²) in [5.41, 5.74) is 5.34. The van der Waals surface area contributed by atoms with Crippen molar-refractivity contribution >= 4 is 35.1 Å². The van der Waals surface area contributed by atoms with Gasteiger partial charge in [0.1, 0.15) is 6.29 Å². The molecule has 0 saturated carbocycles. The molecule has 0 saturated heterocycles. The summed E-state index contributed by atoms with van der Waals surface area (Å²) in [6.45, 7) is 4.35. The number of rotatable bonds is 6. The van der Waals surface area contributed by atoms with Crippen molar-refractivity contribution in [3.05, 3.63) is 65.1 Å². The first kappa shape index (κ1) is 17.4. The average molecular weight is 353 g/mol. The van der Waals surface area contributed by atoms with Gasteiger partial charge in [0.05, 0.1) is 5.70 Å². The Labute approximate surface area is 153 Å². The number of benzene rings is 2. The van der Waals surface area contributed by atoms with Gasteiger partial charge in [0.15, 0.2) is 5.50 Å². The van der Waals surface area contributed by atoms with Crippen LogP contribution in [0.15, 0.2) is 53.9 Å². The molecular weight excluding hydrogens is 330 g/mol. The average Bonchev–Trinajstić information content (AvgIpc) is 3.12. The van der Waals surface area contributed by atoms with Crippen LogP contribution in [0.1, 0.15) is 29.8 Å². The topological polar surface area (TPSA) is 44.4 Å². The SMILES string of the molecule is CNc1ccc(C2=CSC(N(c3ccc(C=O)cc3)C(C)C)N2)cc1. The second-order valence-corrected chi connectivity index (χ2v) is 7.16. The Morgan fingerprint density at radius 1 is 1.12 bits per heavy atom. The summed E-state index contributed by atoms with van der Waals surface area (Å²) < 4.78 is 0. The fourth-order valence-corrected chi connectivity index (χ4v) is 4.03. The number of nitrogens with one attached hydrogen (secondary N) is 2. The fourth-order valence-electron chi connectivity index (χ4n) is 2.87. The first-order valence-electron chi connectivity index (χ1n) is 8.36. The molecule has 25 heavy (non-hydrogen) atoms. The Balaban J connectivity index is 1.76. The van der Waals surface area contributed by atoms with E-state index in [0.29, 0.717) is 11.6 Å². The van der Waals surface area contributed by atoms with Crippen LogP contribution in [0.3, 0.4) is 0 Å². The minimum atomic E-state index is 0.126. The zero-order valence-electron chi connectivity index (χ0n) is 14.7. The maximum atomic E-state index is 10.9. The summed E-state index contributed by atoms with van der Waals surface area (Å²) in [6, 6.07) is 16.5. The largest absolute Gasteiger partial charge is 0.388 e. The van der Waals surface area contributed by atoms with Gasteiger partial charge in [-0.15, -0.1) is 0 Å². The Bertz CT molecular complexity index is 754. The molecule has 0 aliphatic carbocycles. The zero-order valence-corrected chi connectivity index (χ0v) is 15.5. The van der Waals surface area contributed by atoms with Gasteiger partial charge in [-0.1, -0.05) is 23.9 Å². The van der Waals surface area contributed by atoms with E-state index in [-0.39, 0.29) is 5.50 Å². The van der Waals surface area contributed by atoms with Crippen molar-refractivity contribution < 1.29 is 4.79 Å². The first-order valence-corrected chi connectivity index (χ1v) is 9.30. The molecule has 1 unspecified atom stereocenters. The molecule has 2 aromatic carbocycles. The smallest absolute Gasteiger partial charge is 0.152 e. The lowest BCUT2D eigenvalue weighted by Gasteiger charge is -2.35. The van der Waals surface area contributed by atoms with Crippen molar-refractivity contribution in [2.24, 2.45) is 0 Å². The molecule has 3 rings (SSSR count). The summed E-state index contributed by atoms with van der Waals surface area (Å²) in [5, 5.41) is 8.93. The molecule has 1 atom stereocenters. The van der Waals surface area contributed by atoms with Crippen LogP contribution < -0.4 is 15.5 Å². The van der Waals surface area contributed by atoms with Crippen LogP contribution in [0.2, 0.25) is 0 Å². The van der Waals surface area contributed by atoms with Crippen LogP contribution >= 0.6 is 11.8 Å². The van der Waals surface area contributed by atoms with Crippen molar-refractivity contribution in [2.75, 3.05) is 17.3 Å².